The molecular formula is C12H18N6O. The van der Waals surface area contributed by atoms with Crippen LogP contribution in [0.4, 0.5) is 0 Å². The first-order chi connectivity index (χ1) is 9.15. The Balaban J connectivity index is 1.72. The molecule has 0 aliphatic rings. The van der Waals surface area contributed by atoms with E-state index in [2.05, 4.69) is 25.6 Å². The average Bonchev–Trinajstić information content (AvgIpc) is 3.00. The summed E-state index contributed by atoms with van der Waals surface area (Å²) in [7, 11) is 0. The maximum atomic E-state index is 11.8. The third-order valence-corrected chi connectivity index (χ3v) is 2.73. The lowest BCUT2D eigenvalue weighted by atomic mass is 10.2. The number of aromatic amines is 1. The molecule has 1 amide bonds. The SMILES string of the molecule is Cc1nc(C(C)NC(=O)CCCn2cccn2)n[nH]1. The van der Waals surface area contributed by atoms with Gasteiger partial charge in [0.2, 0.25) is 5.91 Å². The van der Waals surface area contributed by atoms with Gasteiger partial charge >= 0.3 is 0 Å². The number of aryl methyl sites for hydroxylation is 2. The fraction of sp³-hybridized carbons (Fsp3) is 0.500. The van der Waals surface area contributed by atoms with Crippen LogP contribution in [0.25, 0.3) is 0 Å². The zero-order valence-electron chi connectivity index (χ0n) is 11.1. The van der Waals surface area contributed by atoms with Crippen LogP contribution < -0.4 is 5.32 Å². The Morgan fingerprint density at radius 3 is 3.05 bits per heavy atom. The molecule has 7 heteroatoms. The summed E-state index contributed by atoms with van der Waals surface area (Å²) in [5, 5.41) is 13.7. The fourth-order valence-electron chi connectivity index (χ4n) is 1.77. The number of hydrogen-bond acceptors (Lipinski definition) is 4. The van der Waals surface area contributed by atoms with E-state index in [0.29, 0.717) is 12.2 Å². The van der Waals surface area contributed by atoms with E-state index in [9.17, 15) is 4.79 Å². The van der Waals surface area contributed by atoms with Crippen LogP contribution in [0.15, 0.2) is 18.5 Å². The molecular weight excluding hydrogens is 244 g/mol. The first-order valence-electron chi connectivity index (χ1n) is 6.31. The largest absolute Gasteiger partial charge is 0.346 e. The first kappa shape index (κ1) is 13.3. The van der Waals surface area contributed by atoms with Crippen LogP contribution >= 0.6 is 0 Å². The predicted octanol–water partition coefficient (Wildman–Crippen LogP) is 0.967. The molecule has 2 aromatic heterocycles. The Morgan fingerprint density at radius 2 is 2.42 bits per heavy atom. The smallest absolute Gasteiger partial charge is 0.220 e. The highest BCUT2D eigenvalue weighted by Gasteiger charge is 2.13. The predicted molar refractivity (Wildman–Crippen MR) is 69.1 cm³/mol. The van der Waals surface area contributed by atoms with Crippen LogP contribution in [0.1, 0.15) is 37.5 Å². The minimum atomic E-state index is -0.179. The van der Waals surface area contributed by atoms with E-state index in [1.165, 1.54) is 0 Å². The van der Waals surface area contributed by atoms with Gasteiger partial charge in [-0.25, -0.2) is 4.98 Å². The van der Waals surface area contributed by atoms with E-state index in [0.717, 1.165) is 18.8 Å². The van der Waals surface area contributed by atoms with Gasteiger partial charge in [0.1, 0.15) is 5.82 Å². The second-order valence-electron chi connectivity index (χ2n) is 4.44. The normalized spacial score (nSPS) is 12.3. The van der Waals surface area contributed by atoms with Gasteiger partial charge in [0.25, 0.3) is 0 Å². The molecule has 1 unspecified atom stereocenters. The average molecular weight is 262 g/mol. The van der Waals surface area contributed by atoms with E-state index in [1.807, 2.05) is 30.8 Å². The highest BCUT2D eigenvalue weighted by Crippen LogP contribution is 2.06. The van der Waals surface area contributed by atoms with Crippen LogP contribution in [0.5, 0.6) is 0 Å². The summed E-state index contributed by atoms with van der Waals surface area (Å²) in [6.45, 7) is 4.44. The summed E-state index contributed by atoms with van der Waals surface area (Å²) in [6, 6.07) is 1.69. The molecule has 2 N–H and O–H groups in total. The van der Waals surface area contributed by atoms with Crippen LogP contribution in [0.2, 0.25) is 0 Å². The third kappa shape index (κ3) is 3.90. The van der Waals surface area contributed by atoms with Crippen molar-refractivity contribution >= 4 is 5.91 Å². The Morgan fingerprint density at radius 1 is 1.58 bits per heavy atom. The summed E-state index contributed by atoms with van der Waals surface area (Å²) in [5.74, 6) is 1.36. The summed E-state index contributed by atoms with van der Waals surface area (Å²) in [5.41, 5.74) is 0. The van der Waals surface area contributed by atoms with Gasteiger partial charge in [-0.05, 0) is 26.3 Å². The Kier molecular flexibility index (Phi) is 4.27. The van der Waals surface area contributed by atoms with Gasteiger partial charge in [-0.1, -0.05) is 0 Å². The van der Waals surface area contributed by atoms with E-state index in [4.69, 9.17) is 0 Å². The minimum Gasteiger partial charge on any atom is -0.346 e. The molecule has 2 heterocycles. The number of hydrogen-bond donors (Lipinski definition) is 2. The highest BCUT2D eigenvalue weighted by molar-refractivity contribution is 5.76. The molecule has 0 fully saturated rings. The monoisotopic (exact) mass is 262 g/mol. The van der Waals surface area contributed by atoms with Crippen molar-refractivity contribution in [1.29, 1.82) is 0 Å². The van der Waals surface area contributed by atoms with E-state index in [-0.39, 0.29) is 11.9 Å². The number of nitrogens with zero attached hydrogens (tertiary/aromatic N) is 4. The molecule has 102 valence electrons. The lowest BCUT2D eigenvalue weighted by Crippen LogP contribution is -2.27. The highest BCUT2D eigenvalue weighted by atomic mass is 16.1. The number of H-pyrrole nitrogens is 1. The second kappa shape index (κ2) is 6.12. The number of carbonyl (C=O) groups excluding carboxylic acids is 1. The number of rotatable bonds is 6. The molecule has 19 heavy (non-hydrogen) atoms. The number of nitrogens with one attached hydrogen (secondary N) is 2. The summed E-state index contributed by atoms with van der Waals surface area (Å²) < 4.78 is 1.81. The summed E-state index contributed by atoms with van der Waals surface area (Å²) >= 11 is 0. The van der Waals surface area contributed by atoms with Crippen molar-refractivity contribution in [2.75, 3.05) is 0 Å². The molecule has 0 saturated heterocycles. The molecule has 7 nitrogen and oxygen atoms in total. The zero-order chi connectivity index (χ0) is 13.7. The Hall–Kier alpha value is -2.18. The van der Waals surface area contributed by atoms with E-state index < -0.39 is 0 Å². The molecule has 0 aromatic carbocycles. The molecule has 2 aromatic rings. The van der Waals surface area contributed by atoms with Gasteiger partial charge in [-0.3, -0.25) is 14.6 Å². The quantitative estimate of drug-likeness (QED) is 0.811. The lowest BCUT2D eigenvalue weighted by molar-refractivity contribution is -0.121. The number of carbonyl (C=O) groups is 1. The summed E-state index contributed by atoms with van der Waals surface area (Å²) in [6.07, 6.45) is 4.84. The maximum absolute atomic E-state index is 11.8. The van der Waals surface area contributed by atoms with Crippen molar-refractivity contribution in [3.05, 3.63) is 30.1 Å². The van der Waals surface area contributed by atoms with Crippen molar-refractivity contribution in [3.8, 4) is 0 Å². The van der Waals surface area contributed by atoms with Crippen molar-refractivity contribution in [3.63, 3.8) is 0 Å². The molecule has 0 radical (unpaired) electrons. The molecule has 0 aliphatic heterocycles. The third-order valence-electron chi connectivity index (χ3n) is 2.73. The summed E-state index contributed by atoms with van der Waals surface area (Å²) in [4.78, 5) is 15.9. The molecule has 1 atom stereocenters. The van der Waals surface area contributed by atoms with Crippen molar-refractivity contribution < 1.29 is 4.79 Å². The standard InChI is InChI=1S/C12H18N6O/c1-9(12-15-10(2)16-17-12)14-11(19)5-3-7-18-8-4-6-13-18/h4,6,8-9H,3,5,7H2,1-2H3,(H,14,19)(H,15,16,17). The topological polar surface area (TPSA) is 88.5 Å². The minimum absolute atomic E-state index is 0.00195. The van der Waals surface area contributed by atoms with Crippen LogP contribution in [0.3, 0.4) is 0 Å². The van der Waals surface area contributed by atoms with Gasteiger partial charge in [-0.15, -0.1) is 0 Å². The van der Waals surface area contributed by atoms with Gasteiger partial charge in [0.05, 0.1) is 6.04 Å². The molecule has 0 bridgehead atoms. The fourth-order valence-corrected chi connectivity index (χ4v) is 1.77. The van der Waals surface area contributed by atoms with Gasteiger partial charge in [0, 0.05) is 25.4 Å². The Bertz CT molecular complexity index is 518. The number of aromatic nitrogens is 5. The van der Waals surface area contributed by atoms with Crippen molar-refractivity contribution in [2.24, 2.45) is 0 Å². The van der Waals surface area contributed by atoms with E-state index in [1.54, 1.807) is 6.20 Å². The Labute approximate surface area is 111 Å². The van der Waals surface area contributed by atoms with Crippen molar-refractivity contribution in [2.45, 2.75) is 39.3 Å². The second-order valence-corrected chi connectivity index (χ2v) is 4.44. The van der Waals surface area contributed by atoms with Gasteiger partial charge < -0.3 is 5.32 Å². The number of amides is 1. The van der Waals surface area contributed by atoms with Crippen molar-refractivity contribution in [1.82, 2.24) is 30.3 Å². The first-order valence-corrected chi connectivity index (χ1v) is 6.31. The van der Waals surface area contributed by atoms with Crippen LogP contribution in [-0.2, 0) is 11.3 Å². The van der Waals surface area contributed by atoms with E-state index >= 15 is 0 Å². The lowest BCUT2D eigenvalue weighted by Gasteiger charge is -2.10. The maximum Gasteiger partial charge on any atom is 0.220 e. The molecule has 2 rings (SSSR count). The molecule has 0 saturated carbocycles. The molecule has 0 aliphatic carbocycles. The molecule has 0 spiro atoms. The van der Waals surface area contributed by atoms with Crippen LogP contribution in [-0.4, -0.2) is 30.9 Å². The zero-order valence-corrected chi connectivity index (χ0v) is 11.1. The van der Waals surface area contributed by atoms with Crippen LogP contribution in [0, 0.1) is 6.92 Å². The van der Waals surface area contributed by atoms with Gasteiger partial charge in [-0.2, -0.15) is 10.2 Å². The van der Waals surface area contributed by atoms with Gasteiger partial charge in [0.15, 0.2) is 5.82 Å².